The van der Waals surface area contributed by atoms with E-state index >= 15 is 0 Å². The number of benzene rings is 2. The van der Waals surface area contributed by atoms with Gasteiger partial charge in [-0.25, -0.2) is 0 Å². The van der Waals surface area contributed by atoms with Crippen LogP contribution in [0.25, 0.3) is 11.1 Å². The van der Waals surface area contributed by atoms with E-state index in [1.165, 1.54) is 0 Å². The third-order valence-corrected chi connectivity index (χ3v) is 2.30. The van der Waals surface area contributed by atoms with Gasteiger partial charge < -0.3 is 0 Å². The zero-order valence-corrected chi connectivity index (χ0v) is 8.23. The first-order valence-corrected chi connectivity index (χ1v) is 4.49. The summed E-state index contributed by atoms with van der Waals surface area (Å²) in [5.41, 5.74) is 3.05. The quantitative estimate of drug-likeness (QED) is 0.633. The maximum absolute atomic E-state index is 7.92. The minimum absolute atomic E-state index is 0.158. The van der Waals surface area contributed by atoms with Crippen molar-refractivity contribution in [1.29, 1.82) is 0 Å². The van der Waals surface area contributed by atoms with Crippen molar-refractivity contribution in [2.75, 3.05) is 0 Å². The smallest absolute Gasteiger partial charge is 0.0622 e. The first kappa shape index (κ1) is 4.79. The Labute approximate surface area is 92.2 Å². The van der Waals surface area contributed by atoms with Gasteiger partial charge in [-0.1, -0.05) is 48.4 Å². The van der Waals surface area contributed by atoms with Gasteiger partial charge >= 0.3 is 0 Å². The number of hydrogen-bond acceptors (Lipinski definition) is 0. The van der Waals surface area contributed by atoms with Gasteiger partial charge in [-0.15, -0.1) is 0 Å². The first-order chi connectivity index (χ1) is 8.84. The average molecular weight is 187 g/mol. The van der Waals surface area contributed by atoms with Crippen molar-refractivity contribution >= 4 is 0 Å². The van der Waals surface area contributed by atoms with Crippen molar-refractivity contribution in [3.63, 3.8) is 0 Å². The summed E-state index contributed by atoms with van der Waals surface area (Å²) < 4.78 is 38.8. The Morgan fingerprint density at radius 1 is 0.857 bits per heavy atom. The van der Waals surface area contributed by atoms with E-state index in [4.69, 9.17) is 6.85 Å². The molecule has 0 aliphatic carbocycles. The molecule has 0 aromatic heterocycles. The van der Waals surface area contributed by atoms with E-state index < -0.39 is 0 Å². The Morgan fingerprint density at radius 3 is 2.21 bits per heavy atom. The van der Waals surface area contributed by atoms with Crippen LogP contribution in [-0.4, -0.2) is 0 Å². The van der Waals surface area contributed by atoms with Gasteiger partial charge in [0.1, 0.15) is 0 Å². The highest BCUT2D eigenvalue weighted by Gasteiger charge is 1.97. The van der Waals surface area contributed by atoms with E-state index in [-0.39, 0.29) is 35.8 Å². The monoisotopic (exact) mass is 187 g/mol. The second-order valence-electron chi connectivity index (χ2n) is 3.30. The molecule has 0 aliphatic heterocycles. The standard InChI is InChI=1S/C14H14/c1-11-8-9-14(10-12(11)2)13-6-4-3-5-7-13/h3-10H,1-2H3/i3D,4D,5D,6D,7D. The van der Waals surface area contributed by atoms with Gasteiger partial charge in [-0.05, 0) is 36.1 Å². The lowest BCUT2D eigenvalue weighted by Crippen LogP contribution is -1.82. The lowest BCUT2D eigenvalue weighted by molar-refractivity contribution is 1.34. The van der Waals surface area contributed by atoms with Crippen molar-refractivity contribution in [2.24, 2.45) is 0 Å². The summed E-state index contributed by atoms with van der Waals surface area (Å²) in [5, 5.41) is 0. The maximum Gasteiger partial charge on any atom is 0.0629 e. The number of aryl methyl sites for hydroxylation is 2. The normalized spacial score (nSPS) is 15.1. The SMILES string of the molecule is [2H]c1c([2H])c([2H])c(-c2ccc(C)c(C)c2)c([2H])c1[2H]. The average Bonchev–Trinajstić information content (AvgIpc) is 2.38. The van der Waals surface area contributed by atoms with Gasteiger partial charge in [0.25, 0.3) is 0 Å². The Bertz CT molecular complexity index is 632. The molecule has 0 heteroatoms. The molecule has 0 amide bonds. The van der Waals surface area contributed by atoms with Gasteiger partial charge in [-0.3, -0.25) is 0 Å². The van der Waals surface area contributed by atoms with E-state index in [0.717, 1.165) is 11.1 Å². The van der Waals surface area contributed by atoms with Crippen molar-refractivity contribution < 1.29 is 6.85 Å². The van der Waals surface area contributed by atoms with Crippen LogP contribution in [0.15, 0.2) is 48.4 Å². The molecule has 2 aromatic carbocycles. The van der Waals surface area contributed by atoms with Gasteiger partial charge in [0.2, 0.25) is 0 Å². The molecule has 0 saturated carbocycles. The molecule has 14 heavy (non-hydrogen) atoms. The topological polar surface area (TPSA) is 0 Å². The summed E-state index contributed by atoms with van der Waals surface area (Å²) in [6, 6.07) is 4.26. The predicted molar refractivity (Wildman–Crippen MR) is 61.4 cm³/mol. The predicted octanol–water partition coefficient (Wildman–Crippen LogP) is 3.97. The fourth-order valence-corrected chi connectivity index (χ4v) is 1.29. The highest BCUT2D eigenvalue weighted by Crippen LogP contribution is 2.21. The van der Waals surface area contributed by atoms with Crippen LogP contribution in [0.3, 0.4) is 0 Å². The minimum Gasteiger partial charge on any atom is -0.0622 e. The number of rotatable bonds is 1. The van der Waals surface area contributed by atoms with Crippen molar-refractivity contribution in [1.82, 2.24) is 0 Å². The highest BCUT2D eigenvalue weighted by molar-refractivity contribution is 5.64. The fraction of sp³-hybridized carbons (Fsp3) is 0.143. The molecule has 0 aliphatic rings. The Morgan fingerprint density at radius 2 is 1.57 bits per heavy atom. The Kier molecular flexibility index (Phi) is 1.25. The van der Waals surface area contributed by atoms with Gasteiger partial charge in [0, 0.05) is 0 Å². The molecular weight excluding hydrogens is 168 g/mol. The van der Waals surface area contributed by atoms with E-state index in [1.54, 1.807) is 6.07 Å². The van der Waals surface area contributed by atoms with E-state index in [2.05, 4.69) is 0 Å². The van der Waals surface area contributed by atoms with Crippen LogP contribution in [0.1, 0.15) is 18.0 Å². The molecule has 0 heterocycles. The largest absolute Gasteiger partial charge is 0.0629 e. The molecule has 2 rings (SSSR count). The minimum atomic E-state index is -0.359. The summed E-state index contributed by atoms with van der Waals surface area (Å²) in [6.45, 7) is 3.91. The molecule has 0 bridgehead atoms. The molecule has 0 spiro atoms. The van der Waals surface area contributed by atoms with Gasteiger partial charge in [-0.2, -0.15) is 0 Å². The van der Waals surface area contributed by atoms with Crippen LogP contribution in [0.2, 0.25) is 0 Å². The van der Waals surface area contributed by atoms with Crippen molar-refractivity contribution in [2.45, 2.75) is 13.8 Å². The molecule has 0 nitrogen and oxygen atoms in total. The van der Waals surface area contributed by atoms with Gasteiger partial charge in [0.15, 0.2) is 0 Å². The molecule has 0 radical (unpaired) electrons. The summed E-state index contributed by atoms with van der Waals surface area (Å²) in [4.78, 5) is 0. The van der Waals surface area contributed by atoms with Crippen molar-refractivity contribution in [3.8, 4) is 11.1 Å². The van der Waals surface area contributed by atoms with Crippen LogP contribution < -0.4 is 0 Å². The van der Waals surface area contributed by atoms with Crippen LogP contribution >= 0.6 is 0 Å². The summed E-state index contributed by atoms with van der Waals surface area (Å²) in [7, 11) is 0. The lowest BCUT2D eigenvalue weighted by Gasteiger charge is -2.04. The maximum atomic E-state index is 7.92. The van der Waals surface area contributed by atoms with Crippen LogP contribution in [-0.2, 0) is 0 Å². The number of hydrogen-bond donors (Lipinski definition) is 0. The molecule has 0 atom stereocenters. The molecule has 0 fully saturated rings. The third kappa shape index (κ3) is 1.69. The lowest BCUT2D eigenvalue weighted by atomic mass is 10.0. The van der Waals surface area contributed by atoms with E-state index in [9.17, 15) is 0 Å². The van der Waals surface area contributed by atoms with Crippen LogP contribution in [0.4, 0.5) is 0 Å². The van der Waals surface area contributed by atoms with E-state index in [0.29, 0.717) is 5.56 Å². The molecule has 70 valence electrons. The van der Waals surface area contributed by atoms with Crippen LogP contribution in [0, 0.1) is 13.8 Å². The zero-order valence-electron chi connectivity index (χ0n) is 13.2. The summed E-state index contributed by atoms with van der Waals surface area (Å²) in [5.74, 6) is 0. The molecule has 2 aromatic rings. The second kappa shape index (κ2) is 3.67. The molecule has 0 N–H and O–H groups in total. The molecular formula is C14H14. The van der Waals surface area contributed by atoms with E-state index in [1.807, 2.05) is 26.0 Å². The summed E-state index contributed by atoms with van der Waals surface area (Å²) >= 11 is 0. The highest BCUT2D eigenvalue weighted by atomic mass is 14.0. The van der Waals surface area contributed by atoms with Crippen molar-refractivity contribution in [3.05, 3.63) is 59.5 Å². The fourth-order valence-electron chi connectivity index (χ4n) is 1.29. The second-order valence-corrected chi connectivity index (χ2v) is 3.30. The molecule has 0 unspecified atom stereocenters. The zero-order chi connectivity index (χ0) is 14.3. The third-order valence-electron chi connectivity index (χ3n) is 2.30. The first-order valence-electron chi connectivity index (χ1n) is 6.99. The van der Waals surface area contributed by atoms with Crippen LogP contribution in [0.5, 0.6) is 0 Å². The summed E-state index contributed by atoms with van der Waals surface area (Å²) in [6.07, 6.45) is 0. The molecule has 0 saturated heterocycles. The Hall–Kier alpha value is -1.56. The van der Waals surface area contributed by atoms with Gasteiger partial charge in [0.05, 0.1) is 6.85 Å². The Balaban J connectivity index is 2.79.